The van der Waals surface area contributed by atoms with Gasteiger partial charge in [0.05, 0.1) is 18.5 Å². The lowest BCUT2D eigenvalue weighted by Gasteiger charge is -2.05. The maximum absolute atomic E-state index is 11.8. The van der Waals surface area contributed by atoms with Gasteiger partial charge in [-0.15, -0.1) is 0 Å². The number of hydrogen-bond donors (Lipinski definition) is 1. The molecule has 4 nitrogen and oxygen atoms in total. The van der Waals surface area contributed by atoms with Gasteiger partial charge in [0.2, 0.25) is 0 Å². The normalized spacial score (nSPS) is 11.2. The summed E-state index contributed by atoms with van der Waals surface area (Å²) in [4.78, 5) is 0. The van der Waals surface area contributed by atoms with E-state index in [-0.39, 0.29) is 6.61 Å². The molecule has 0 atom stereocenters. The number of halogens is 2. The van der Waals surface area contributed by atoms with Crippen molar-refractivity contribution >= 4 is 0 Å². The molecule has 1 rings (SSSR count). The molecule has 80 valence electrons. The average molecular weight is 205 g/mol. The number of aryl methyl sites for hydroxylation is 1. The van der Waals surface area contributed by atoms with E-state index in [9.17, 15) is 8.78 Å². The first-order chi connectivity index (χ1) is 6.65. The largest absolute Gasteiger partial charge is 0.369 e. The summed E-state index contributed by atoms with van der Waals surface area (Å²) in [6, 6.07) is 0. The number of ether oxygens (including phenoxy) is 1. The number of alkyl halides is 2. The van der Waals surface area contributed by atoms with Crippen molar-refractivity contribution in [3.05, 3.63) is 17.5 Å². The molecule has 1 heterocycles. The van der Waals surface area contributed by atoms with Gasteiger partial charge < -0.3 is 10.5 Å². The Labute approximate surface area is 80.6 Å². The van der Waals surface area contributed by atoms with Crippen LogP contribution in [0, 0.1) is 0 Å². The van der Waals surface area contributed by atoms with Crippen LogP contribution in [0.25, 0.3) is 0 Å². The zero-order valence-electron chi connectivity index (χ0n) is 7.91. The second-order valence-electron chi connectivity index (χ2n) is 2.85. The quantitative estimate of drug-likeness (QED) is 0.768. The highest BCUT2D eigenvalue weighted by Crippen LogP contribution is 2.08. The molecule has 0 saturated carbocycles. The van der Waals surface area contributed by atoms with Gasteiger partial charge in [0.1, 0.15) is 6.61 Å². The molecule has 0 saturated heterocycles. The van der Waals surface area contributed by atoms with E-state index in [1.165, 1.54) is 0 Å². The van der Waals surface area contributed by atoms with Crippen molar-refractivity contribution in [2.45, 2.75) is 19.6 Å². The van der Waals surface area contributed by atoms with Crippen LogP contribution < -0.4 is 5.73 Å². The van der Waals surface area contributed by atoms with Gasteiger partial charge in [0.15, 0.2) is 0 Å². The zero-order chi connectivity index (χ0) is 10.6. The summed E-state index contributed by atoms with van der Waals surface area (Å²) < 4.78 is 29.9. The van der Waals surface area contributed by atoms with Crippen LogP contribution >= 0.6 is 0 Å². The molecule has 1 aromatic heterocycles. The third-order valence-corrected chi connectivity index (χ3v) is 1.85. The molecule has 0 aromatic carbocycles. The van der Waals surface area contributed by atoms with Crippen LogP contribution in [0.1, 0.15) is 11.3 Å². The Morgan fingerprint density at radius 2 is 2.36 bits per heavy atom. The Bertz CT molecular complexity index is 288. The molecular weight excluding hydrogens is 192 g/mol. The summed E-state index contributed by atoms with van der Waals surface area (Å²) in [5, 5.41) is 3.95. The number of hydrogen-bond acceptors (Lipinski definition) is 3. The first kappa shape index (κ1) is 11.1. The van der Waals surface area contributed by atoms with Crippen LogP contribution in [-0.4, -0.2) is 22.8 Å². The van der Waals surface area contributed by atoms with Crippen molar-refractivity contribution < 1.29 is 13.5 Å². The maximum Gasteiger partial charge on any atom is 0.261 e. The number of nitrogens with zero attached hydrogens (tertiary/aromatic N) is 2. The Morgan fingerprint density at radius 3 is 2.93 bits per heavy atom. The topological polar surface area (TPSA) is 53.1 Å². The van der Waals surface area contributed by atoms with E-state index < -0.39 is 13.0 Å². The van der Waals surface area contributed by atoms with Gasteiger partial charge in [-0.05, 0) is 0 Å². The molecule has 0 fully saturated rings. The minimum Gasteiger partial charge on any atom is -0.369 e. The molecule has 0 bridgehead atoms. The summed E-state index contributed by atoms with van der Waals surface area (Å²) in [5.41, 5.74) is 7.00. The Morgan fingerprint density at radius 1 is 1.64 bits per heavy atom. The highest BCUT2D eigenvalue weighted by molar-refractivity contribution is 5.16. The van der Waals surface area contributed by atoms with Crippen LogP contribution in [-0.2, 0) is 24.9 Å². The molecule has 0 aliphatic heterocycles. The first-order valence-corrected chi connectivity index (χ1v) is 4.21. The standard InChI is InChI=1S/C8H13F2N3O/c1-13-7(4-14-5-8(9)10)6(2-11)3-12-13/h3,8H,2,4-5,11H2,1H3. The zero-order valence-corrected chi connectivity index (χ0v) is 7.91. The van der Waals surface area contributed by atoms with Crippen molar-refractivity contribution in [3.63, 3.8) is 0 Å². The summed E-state index contributed by atoms with van der Waals surface area (Å²) in [7, 11) is 1.72. The molecule has 0 aliphatic carbocycles. The second kappa shape index (κ2) is 5.02. The van der Waals surface area contributed by atoms with Crippen LogP contribution in [0.5, 0.6) is 0 Å². The van der Waals surface area contributed by atoms with Gasteiger partial charge >= 0.3 is 0 Å². The Hall–Kier alpha value is -1.01. The van der Waals surface area contributed by atoms with E-state index in [4.69, 9.17) is 10.5 Å². The average Bonchev–Trinajstić information content (AvgIpc) is 2.47. The second-order valence-corrected chi connectivity index (χ2v) is 2.85. The summed E-state index contributed by atoms with van der Waals surface area (Å²) in [6.07, 6.45) is -0.828. The first-order valence-electron chi connectivity index (χ1n) is 4.21. The monoisotopic (exact) mass is 205 g/mol. The van der Waals surface area contributed by atoms with E-state index >= 15 is 0 Å². The summed E-state index contributed by atoms with van der Waals surface area (Å²) >= 11 is 0. The smallest absolute Gasteiger partial charge is 0.261 e. The lowest BCUT2D eigenvalue weighted by Crippen LogP contribution is -2.09. The highest BCUT2D eigenvalue weighted by atomic mass is 19.3. The van der Waals surface area contributed by atoms with Crippen LogP contribution in [0.4, 0.5) is 8.78 Å². The van der Waals surface area contributed by atoms with Gasteiger partial charge in [-0.3, -0.25) is 4.68 Å². The number of aromatic nitrogens is 2. The molecule has 0 radical (unpaired) electrons. The van der Waals surface area contributed by atoms with Gasteiger partial charge in [-0.25, -0.2) is 8.78 Å². The fourth-order valence-electron chi connectivity index (χ4n) is 1.11. The van der Waals surface area contributed by atoms with E-state index in [2.05, 4.69) is 5.10 Å². The van der Waals surface area contributed by atoms with Crippen molar-refractivity contribution in [2.24, 2.45) is 12.8 Å². The van der Waals surface area contributed by atoms with E-state index in [1.54, 1.807) is 17.9 Å². The Kier molecular flexibility index (Phi) is 3.97. The predicted molar refractivity (Wildman–Crippen MR) is 46.8 cm³/mol. The van der Waals surface area contributed by atoms with Crippen molar-refractivity contribution in [1.82, 2.24) is 9.78 Å². The third-order valence-electron chi connectivity index (χ3n) is 1.85. The fourth-order valence-corrected chi connectivity index (χ4v) is 1.11. The van der Waals surface area contributed by atoms with Crippen LogP contribution in [0.3, 0.4) is 0 Å². The molecule has 0 unspecified atom stereocenters. The van der Waals surface area contributed by atoms with Gasteiger partial charge in [-0.1, -0.05) is 0 Å². The minimum absolute atomic E-state index is 0.118. The van der Waals surface area contributed by atoms with Gasteiger partial charge in [-0.2, -0.15) is 5.10 Å². The molecule has 1 aromatic rings. The third kappa shape index (κ3) is 2.74. The van der Waals surface area contributed by atoms with Crippen molar-refractivity contribution in [3.8, 4) is 0 Å². The van der Waals surface area contributed by atoms with E-state index in [1.807, 2.05) is 0 Å². The molecule has 0 spiro atoms. The van der Waals surface area contributed by atoms with E-state index in [0.29, 0.717) is 6.54 Å². The maximum atomic E-state index is 11.8. The number of rotatable bonds is 5. The lowest BCUT2D eigenvalue weighted by molar-refractivity contribution is 0.00768. The highest BCUT2D eigenvalue weighted by Gasteiger charge is 2.08. The van der Waals surface area contributed by atoms with Gasteiger partial charge in [0.25, 0.3) is 6.43 Å². The molecule has 2 N–H and O–H groups in total. The molecule has 14 heavy (non-hydrogen) atoms. The van der Waals surface area contributed by atoms with Crippen LogP contribution in [0.2, 0.25) is 0 Å². The molecule has 0 aliphatic rings. The van der Waals surface area contributed by atoms with Crippen molar-refractivity contribution in [1.29, 1.82) is 0 Å². The molecular formula is C8H13F2N3O. The van der Waals surface area contributed by atoms with Crippen LogP contribution in [0.15, 0.2) is 6.20 Å². The Balaban J connectivity index is 2.52. The fraction of sp³-hybridized carbons (Fsp3) is 0.625. The van der Waals surface area contributed by atoms with Gasteiger partial charge in [0, 0.05) is 19.2 Å². The number of nitrogens with two attached hydrogens (primary N) is 1. The SMILES string of the molecule is Cn1ncc(CN)c1COCC(F)F. The molecule has 0 amide bonds. The van der Waals surface area contributed by atoms with Crippen molar-refractivity contribution in [2.75, 3.05) is 6.61 Å². The summed E-state index contributed by atoms with van der Waals surface area (Å²) in [5.74, 6) is 0. The lowest BCUT2D eigenvalue weighted by atomic mass is 10.2. The predicted octanol–water partition coefficient (Wildman–Crippen LogP) is 0.661. The molecule has 6 heteroatoms. The minimum atomic E-state index is -2.44. The summed E-state index contributed by atoms with van der Waals surface area (Å²) in [6.45, 7) is -0.107. The van der Waals surface area contributed by atoms with E-state index in [0.717, 1.165) is 11.3 Å².